The lowest BCUT2D eigenvalue weighted by atomic mass is 10.1. The number of nitrogens with zero attached hydrogens (tertiary/aromatic N) is 5. The average Bonchev–Trinajstić information content (AvgIpc) is 3.25. The number of benzene rings is 2. The molecular weight excluding hydrogens is 414 g/mol. The second-order valence-electron chi connectivity index (χ2n) is 8.62. The van der Waals surface area contributed by atoms with Crippen LogP contribution >= 0.6 is 0 Å². The minimum absolute atomic E-state index is 0.0598. The maximum absolute atomic E-state index is 13.1. The number of hydrogen-bond acceptors (Lipinski definition) is 5. The fraction of sp³-hybridized carbons (Fsp3) is 0.308. The van der Waals surface area contributed by atoms with Gasteiger partial charge in [-0.25, -0.2) is 0 Å². The monoisotopic (exact) mass is 441 g/mol. The predicted molar refractivity (Wildman–Crippen MR) is 126 cm³/mol. The van der Waals surface area contributed by atoms with E-state index in [-0.39, 0.29) is 17.7 Å². The third kappa shape index (κ3) is 4.72. The number of amides is 2. The Bertz CT molecular complexity index is 1100. The van der Waals surface area contributed by atoms with Gasteiger partial charge < -0.3 is 14.7 Å². The first-order valence-corrected chi connectivity index (χ1v) is 11.4. The summed E-state index contributed by atoms with van der Waals surface area (Å²) >= 11 is 0. The summed E-state index contributed by atoms with van der Waals surface area (Å²) < 4.78 is 0. The quantitative estimate of drug-likeness (QED) is 0.609. The van der Waals surface area contributed by atoms with Crippen LogP contribution in [0.2, 0.25) is 0 Å². The Morgan fingerprint density at radius 1 is 0.848 bits per heavy atom. The highest BCUT2D eigenvalue weighted by Gasteiger charge is 2.37. The van der Waals surface area contributed by atoms with Crippen molar-refractivity contribution in [2.75, 3.05) is 37.6 Å². The van der Waals surface area contributed by atoms with E-state index in [1.165, 1.54) is 0 Å². The zero-order valence-corrected chi connectivity index (χ0v) is 18.5. The number of anilines is 1. The Labute approximate surface area is 193 Å². The molecule has 0 bridgehead atoms. The Morgan fingerprint density at radius 2 is 1.55 bits per heavy atom. The summed E-state index contributed by atoms with van der Waals surface area (Å²) in [5, 5.41) is 8.78. The minimum atomic E-state index is -0.252. The van der Waals surface area contributed by atoms with Gasteiger partial charge in [0.05, 0.1) is 11.6 Å². The number of likely N-dealkylation sites (tertiary alicyclic amines) is 1. The molecule has 5 rings (SSSR count). The molecule has 2 aromatic carbocycles. The Hall–Kier alpha value is -3.74. The van der Waals surface area contributed by atoms with Crippen molar-refractivity contribution in [3.8, 4) is 11.3 Å². The molecule has 0 radical (unpaired) electrons. The lowest BCUT2D eigenvalue weighted by Crippen LogP contribution is -2.51. The number of carbonyl (C=O) groups is 2. The van der Waals surface area contributed by atoms with E-state index in [4.69, 9.17) is 0 Å². The summed E-state index contributed by atoms with van der Waals surface area (Å²) in [6.45, 7) is 3.74. The van der Waals surface area contributed by atoms with Gasteiger partial charge in [0.2, 0.25) is 11.8 Å². The maximum Gasteiger partial charge on any atom is 0.228 e. The molecule has 2 amide bonds. The predicted octanol–water partition coefficient (Wildman–Crippen LogP) is 2.84. The van der Waals surface area contributed by atoms with Crippen LogP contribution in [-0.2, 0) is 16.1 Å². The average molecular weight is 442 g/mol. The van der Waals surface area contributed by atoms with Crippen LogP contribution < -0.4 is 4.90 Å². The van der Waals surface area contributed by atoms with Crippen LogP contribution in [0, 0.1) is 5.92 Å². The molecule has 0 spiro atoms. The number of aromatic nitrogens is 2. The van der Waals surface area contributed by atoms with Gasteiger partial charge in [-0.05, 0) is 17.7 Å². The largest absolute Gasteiger partial charge is 0.352 e. The maximum atomic E-state index is 13.1. The van der Waals surface area contributed by atoms with Crippen molar-refractivity contribution in [1.82, 2.24) is 20.0 Å². The summed E-state index contributed by atoms with van der Waals surface area (Å²) in [7, 11) is 0. The first-order chi connectivity index (χ1) is 16.2. The van der Waals surface area contributed by atoms with Crippen LogP contribution in [-0.4, -0.2) is 64.5 Å². The first-order valence-electron chi connectivity index (χ1n) is 11.4. The molecule has 2 aliphatic rings. The van der Waals surface area contributed by atoms with E-state index in [1.54, 1.807) is 4.90 Å². The molecule has 1 atom stereocenters. The summed E-state index contributed by atoms with van der Waals surface area (Å²) in [6.07, 6.45) is 0.304. The van der Waals surface area contributed by atoms with Gasteiger partial charge in [0.15, 0.2) is 5.82 Å². The lowest BCUT2D eigenvalue weighted by molar-refractivity contribution is -0.136. The Balaban J connectivity index is 1.15. The summed E-state index contributed by atoms with van der Waals surface area (Å²) in [6, 6.07) is 23.9. The van der Waals surface area contributed by atoms with Crippen LogP contribution in [0.4, 0.5) is 5.82 Å². The van der Waals surface area contributed by atoms with E-state index in [9.17, 15) is 9.59 Å². The molecule has 2 fully saturated rings. The van der Waals surface area contributed by atoms with Gasteiger partial charge in [-0.2, -0.15) is 0 Å². The van der Waals surface area contributed by atoms with E-state index in [2.05, 4.69) is 15.1 Å². The third-order valence-corrected chi connectivity index (χ3v) is 6.42. The summed E-state index contributed by atoms with van der Waals surface area (Å²) in [5.41, 5.74) is 2.98. The summed E-state index contributed by atoms with van der Waals surface area (Å²) in [4.78, 5) is 31.4. The van der Waals surface area contributed by atoms with Gasteiger partial charge in [0.25, 0.3) is 0 Å². The van der Waals surface area contributed by atoms with Crippen LogP contribution in [0.5, 0.6) is 0 Å². The zero-order valence-electron chi connectivity index (χ0n) is 18.5. The van der Waals surface area contributed by atoms with E-state index in [0.29, 0.717) is 45.7 Å². The number of rotatable bonds is 5. The standard InChI is InChI=1S/C26H27N5O2/c32-25-17-22(19-31(25)18-20-7-3-1-4-8-20)26(33)30-15-13-29(14-16-30)24-12-11-23(27-28-24)21-9-5-2-6-10-21/h1-12,22H,13-19H2. The molecule has 3 heterocycles. The molecule has 33 heavy (non-hydrogen) atoms. The zero-order chi connectivity index (χ0) is 22.6. The molecule has 0 N–H and O–H groups in total. The number of hydrogen-bond donors (Lipinski definition) is 0. The second-order valence-corrected chi connectivity index (χ2v) is 8.62. The topological polar surface area (TPSA) is 69.6 Å². The molecule has 0 aliphatic carbocycles. The molecule has 2 saturated heterocycles. The second kappa shape index (κ2) is 9.40. The Morgan fingerprint density at radius 3 is 2.21 bits per heavy atom. The van der Waals surface area contributed by atoms with Crippen LogP contribution in [0.3, 0.4) is 0 Å². The molecule has 7 heteroatoms. The van der Waals surface area contributed by atoms with Gasteiger partial charge >= 0.3 is 0 Å². The molecule has 1 aromatic heterocycles. The van der Waals surface area contributed by atoms with Crippen molar-refractivity contribution in [3.05, 3.63) is 78.4 Å². The highest BCUT2D eigenvalue weighted by Crippen LogP contribution is 2.24. The molecule has 1 unspecified atom stereocenters. The number of piperazine rings is 1. The fourth-order valence-corrected chi connectivity index (χ4v) is 4.57. The first kappa shape index (κ1) is 21.1. The Kier molecular flexibility index (Phi) is 6.02. The van der Waals surface area contributed by atoms with Crippen molar-refractivity contribution in [1.29, 1.82) is 0 Å². The molecule has 7 nitrogen and oxygen atoms in total. The normalized spacial score (nSPS) is 18.6. The van der Waals surface area contributed by atoms with Gasteiger partial charge in [-0.1, -0.05) is 60.7 Å². The van der Waals surface area contributed by atoms with Crippen LogP contribution in [0.15, 0.2) is 72.8 Å². The SMILES string of the molecule is O=C1CC(C(=O)N2CCN(c3ccc(-c4ccccc4)nn3)CC2)CN1Cc1ccccc1. The van der Waals surface area contributed by atoms with Crippen molar-refractivity contribution < 1.29 is 9.59 Å². The van der Waals surface area contributed by atoms with Gasteiger partial charge in [-0.15, -0.1) is 10.2 Å². The molecule has 168 valence electrons. The van der Waals surface area contributed by atoms with Gasteiger partial charge in [0.1, 0.15) is 0 Å². The van der Waals surface area contributed by atoms with Crippen molar-refractivity contribution >= 4 is 17.6 Å². The van der Waals surface area contributed by atoms with E-state index >= 15 is 0 Å². The van der Waals surface area contributed by atoms with Crippen molar-refractivity contribution in [2.24, 2.45) is 5.92 Å². The number of carbonyl (C=O) groups excluding carboxylic acids is 2. The minimum Gasteiger partial charge on any atom is -0.352 e. The fourth-order valence-electron chi connectivity index (χ4n) is 4.57. The van der Waals surface area contributed by atoms with Crippen LogP contribution in [0.1, 0.15) is 12.0 Å². The van der Waals surface area contributed by atoms with Gasteiger partial charge in [0, 0.05) is 51.3 Å². The summed E-state index contributed by atoms with van der Waals surface area (Å²) in [5.74, 6) is 0.721. The molecule has 0 saturated carbocycles. The highest BCUT2D eigenvalue weighted by molar-refractivity contribution is 5.89. The molecule has 3 aromatic rings. The van der Waals surface area contributed by atoms with Gasteiger partial charge in [-0.3, -0.25) is 9.59 Å². The highest BCUT2D eigenvalue weighted by atomic mass is 16.2. The van der Waals surface area contributed by atoms with Crippen LogP contribution in [0.25, 0.3) is 11.3 Å². The molecular formula is C26H27N5O2. The van der Waals surface area contributed by atoms with E-state index in [0.717, 1.165) is 22.6 Å². The van der Waals surface area contributed by atoms with Crippen molar-refractivity contribution in [2.45, 2.75) is 13.0 Å². The molecule has 2 aliphatic heterocycles. The van der Waals surface area contributed by atoms with E-state index in [1.807, 2.05) is 77.7 Å². The van der Waals surface area contributed by atoms with Crippen molar-refractivity contribution in [3.63, 3.8) is 0 Å². The smallest absolute Gasteiger partial charge is 0.228 e. The third-order valence-electron chi connectivity index (χ3n) is 6.42. The van der Waals surface area contributed by atoms with E-state index < -0.39 is 0 Å². The lowest BCUT2D eigenvalue weighted by Gasteiger charge is -2.36.